The van der Waals surface area contributed by atoms with Crippen LogP contribution in [0.5, 0.6) is 0 Å². The fourth-order valence-corrected chi connectivity index (χ4v) is 4.08. The van der Waals surface area contributed by atoms with Crippen molar-refractivity contribution in [2.45, 2.75) is 51.5 Å². The van der Waals surface area contributed by atoms with Crippen LogP contribution in [0.25, 0.3) is 0 Å². The molecule has 0 N–H and O–H groups in total. The van der Waals surface area contributed by atoms with Gasteiger partial charge in [-0.05, 0) is 63.1 Å². The van der Waals surface area contributed by atoms with E-state index in [0.717, 1.165) is 24.6 Å². The van der Waals surface area contributed by atoms with E-state index in [4.69, 9.17) is 4.52 Å². The molecule has 0 radical (unpaired) electrons. The minimum absolute atomic E-state index is 0.833. The number of rotatable bonds is 4. The first kappa shape index (κ1) is 14.9. The molecule has 0 amide bonds. The summed E-state index contributed by atoms with van der Waals surface area (Å²) in [5.74, 6) is 1.99. The highest BCUT2D eigenvalue weighted by Gasteiger charge is 2.24. The summed E-state index contributed by atoms with van der Waals surface area (Å²) in [6.07, 6.45) is 8.63. The Hall–Kier alpha value is -1.61. The monoisotopic (exact) mass is 310 g/mol. The molecule has 122 valence electrons. The SMILES string of the molecule is c1ccc(CC2CCN(Cc3noc4c3CCCC4)CC2)cc1. The molecular formula is C20H26N2O. The molecule has 0 unspecified atom stereocenters. The molecule has 1 aliphatic heterocycles. The van der Waals surface area contributed by atoms with Crippen molar-refractivity contribution in [3.8, 4) is 0 Å². The standard InChI is InChI=1S/C20H26N2O/c1-2-6-16(7-3-1)14-17-10-12-22(13-11-17)15-19-18-8-4-5-9-20(18)23-21-19/h1-3,6-7,17H,4-5,8-15H2. The number of piperidine rings is 1. The molecule has 1 aromatic heterocycles. The predicted molar refractivity (Wildman–Crippen MR) is 91.3 cm³/mol. The van der Waals surface area contributed by atoms with Gasteiger partial charge in [-0.15, -0.1) is 0 Å². The molecule has 1 saturated heterocycles. The molecule has 0 spiro atoms. The van der Waals surface area contributed by atoms with Crippen LogP contribution in [0.4, 0.5) is 0 Å². The summed E-state index contributed by atoms with van der Waals surface area (Å²) >= 11 is 0. The molecule has 0 atom stereocenters. The third-order valence-corrected chi connectivity index (χ3v) is 5.48. The van der Waals surface area contributed by atoms with Crippen LogP contribution in [0, 0.1) is 5.92 Å². The minimum Gasteiger partial charge on any atom is -0.361 e. The third kappa shape index (κ3) is 3.50. The molecular weight excluding hydrogens is 284 g/mol. The van der Waals surface area contributed by atoms with Crippen molar-refractivity contribution in [3.63, 3.8) is 0 Å². The van der Waals surface area contributed by atoms with Gasteiger partial charge in [0, 0.05) is 18.5 Å². The molecule has 0 bridgehead atoms. The second kappa shape index (κ2) is 6.88. The predicted octanol–water partition coefficient (Wildman–Crippen LogP) is 4.01. The van der Waals surface area contributed by atoms with Crippen molar-refractivity contribution in [3.05, 3.63) is 52.9 Å². The Labute approximate surface area is 138 Å². The molecule has 2 aromatic rings. The second-order valence-corrected chi connectivity index (χ2v) is 7.15. The lowest BCUT2D eigenvalue weighted by Gasteiger charge is -2.31. The topological polar surface area (TPSA) is 29.3 Å². The molecule has 1 fully saturated rings. The van der Waals surface area contributed by atoms with Gasteiger partial charge in [0.05, 0.1) is 0 Å². The number of aromatic nitrogens is 1. The number of benzene rings is 1. The van der Waals surface area contributed by atoms with Gasteiger partial charge in [-0.25, -0.2) is 0 Å². The maximum absolute atomic E-state index is 5.55. The number of fused-ring (bicyclic) bond motifs is 1. The molecule has 4 rings (SSSR count). The lowest BCUT2D eigenvalue weighted by atomic mass is 9.90. The third-order valence-electron chi connectivity index (χ3n) is 5.48. The largest absolute Gasteiger partial charge is 0.361 e. The van der Waals surface area contributed by atoms with Crippen molar-refractivity contribution in [1.29, 1.82) is 0 Å². The summed E-state index contributed by atoms with van der Waals surface area (Å²) in [6, 6.07) is 10.9. The van der Waals surface area contributed by atoms with E-state index in [2.05, 4.69) is 40.4 Å². The summed E-state index contributed by atoms with van der Waals surface area (Å²) in [4.78, 5) is 2.56. The summed E-state index contributed by atoms with van der Waals surface area (Å²) < 4.78 is 5.55. The van der Waals surface area contributed by atoms with E-state index in [1.807, 2.05) is 0 Å². The van der Waals surface area contributed by atoms with E-state index in [0.29, 0.717) is 0 Å². The van der Waals surface area contributed by atoms with Crippen LogP contribution in [0.1, 0.15) is 48.3 Å². The van der Waals surface area contributed by atoms with Crippen molar-refractivity contribution in [2.24, 2.45) is 5.92 Å². The average molecular weight is 310 g/mol. The van der Waals surface area contributed by atoms with E-state index in [1.165, 1.54) is 68.4 Å². The maximum Gasteiger partial charge on any atom is 0.140 e. The Morgan fingerprint density at radius 3 is 2.65 bits per heavy atom. The van der Waals surface area contributed by atoms with Crippen LogP contribution in [0.2, 0.25) is 0 Å². The molecule has 3 nitrogen and oxygen atoms in total. The van der Waals surface area contributed by atoms with Gasteiger partial charge in [0.2, 0.25) is 0 Å². The molecule has 2 aliphatic rings. The van der Waals surface area contributed by atoms with Gasteiger partial charge >= 0.3 is 0 Å². The zero-order valence-electron chi connectivity index (χ0n) is 13.8. The minimum atomic E-state index is 0.833. The smallest absolute Gasteiger partial charge is 0.140 e. The van der Waals surface area contributed by atoms with Crippen LogP contribution in [0.15, 0.2) is 34.9 Å². The first-order valence-electron chi connectivity index (χ1n) is 9.11. The van der Waals surface area contributed by atoms with Crippen LogP contribution in [-0.2, 0) is 25.8 Å². The Morgan fingerprint density at radius 2 is 1.83 bits per heavy atom. The van der Waals surface area contributed by atoms with Crippen molar-refractivity contribution in [2.75, 3.05) is 13.1 Å². The van der Waals surface area contributed by atoms with Crippen LogP contribution in [0.3, 0.4) is 0 Å². The van der Waals surface area contributed by atoms with E-state index < -0.39 is 0 Å². The quantitative estimate of drug-likeness (QED) is 0.854. The van der Waals surface area contributed by atoms with Gasteiger partial charge in [0.25, 0.3) is 0 Å². The normalized spacial score (nSPS) is 19.7. The van der Waals surface area contributed by atoms with Gasteiger partial charge < -0.3 is 4.52 Å². The number of aryl methyl sites for hydroxylation is 1. The lowest BCUT2D eigenvalue weighted by molar-refractivity contribution is 0.173. The van der Waals surface area contributed by atoms with E-state index in [1.54, 1.807) is 0 Å². The molecule has 1 aromatic carbocycles. The van der Waals surface area contributed by atoms with Crippen molar-refractivity contribution in [1.82, 2.24) is 10.1 Å². The highest BCUT2D eigenvalue weighted by molar-refractivity contribution is 5.25. The van der Waals surface area contributed by atoms with E-state index in [9.17, 15) is 0 Å². The summed E-state index contributed by atoms with van der Waals surface area (Å²) in [5.41, 5.74) is 4.11. The van der Waals surface area contributed by atoms with Gasteiger partial charge in [-0.3, -0.25) is 4.90 Å². The molecule has 1 aliphatic carbocycles. The number of nitrogens with zero attached hydrogens (tertiary/aromatic N) is 2. The summed E-state index contributed by atoms with van der Waals surface area (Å²) in [6.45, 7) is 3.37. The maximum atomic E-state index is 5.55. The number of hydrogen-bond acceptors (Lipinski definition) is 3. The summed E-state index contributed by atoms with van der Waals surface area (Å²) in [5, 5.41) is 4.36. The van der Waals surface area contributed by atoms with Crippen LogP contribution < -0.4 is 0 Å². The van der Waals surface area contributed by atoms with E-state index in [-0.39, 0.29) is 0 Å². The lowest BCUT2D eigenvalue weighted by Crippen LogP contribution is -2.34. The Balaban J connectivity index is 1.31. The molecule has 23 heavy (non-hydrogen) atoms. The van der Waals surface area contributed by atoms with Crippen molar-refractivity contribution < 1.29 is 4.52 Å². The van der Waals surface area contributed by atoms with Crippen LogP contribution in [-0.4, -0.2) is 23.1 Å². The highest BCUT2D eigenvalue weighted by atomic mass is 16.5. The zero-order valence-corrected chi connectivity index (χ0v) is 13.8. The van der Waals surface area contributed by atoms with Gasteiger partial charge in [0.1, 0.15) is 11.5 Å². The fraction of sp³-hybridized carbons (Fsp3) is 0.550. The molecule has 0 saturated carbocycles. The Kier molecular flexibility index (Phi) is 4.47. The van der Waals surface area contributed by atoms with Gasteiger partial charge in [-0.1, -0.05) is 35.5 Å². The second-order valence-electron chi connectivity index (χ2n) is 7.15. The molecule has 3 heteroatoms. The molecule has 2 heterocycles. The zero-order chi connectivity index (χ0) is 15.5. The Morgan fingerprint density at radius 1 is 1.04 bits per heavy atom. The first-order chi connectivity index (χ1) is 11.4. The fourth-order valence-electron chi connectivity index (χ4n) is 4.08. The van der Waals surface area contributed by atoms with E-state index >= 15 is 0 Å². The summed E-state index contributed by atoms with van der Waals surface area (Å²) in [7, 11) is 0. The highest BCUT2D eigenvalue weighted by Crippen LogP contribution is 2.27. The van der Waals surface area contributed by atoms with Gasteiger partial charge in [0.15, 0.2) is 0 Å². The Bertz CT molecular complexity index is 626. The average Bonchev–Trinajstić information content (AvgIpc) is 3.01. The van der Waals surface area contributed by atoms with Crippen molar-refractivity contribution >= 4 is 0 Å². The van der Waals surface area contributed by atoms with Gasteiger partial charge in [-0.2, -0.15) is 0 Å². The number of hydrogen-bond donors (Lipinski definition) is 0. The first-order valence-corrected chi connectivity index (χ1v) is 9.11. The number of likely N-dealkylation sites (tertiary alicyclic amines) is 1. The van der Waals surface area contributed by atoms with Crippen LogP contribution >= 0.6 is 0 Å².